The predicted octanol–water partition coefficient (Wildman–Crippen LogP) is 3.66. The Bertz CT molecular complexity index is 825. The van der Waals surface area contributed by atoms with Gasteiger partial charge >= 0.3 is 0 Å². The van der Waals surface area contributed by atoms with E-state index in [1.54, 1.807) is 0 Å². The van der Waals surface area contributed by atoms with E-state index in [1.807, 2.05) is 24.3 Å². The lowest BCUT2D eigenvalue weighted by molar-refractivity contribution is -0.384. The predicted molar refractivity (Wildman–Crippen MR) is 81.6 cm³/mol. The number of thiazole rings is 1. The Labute approximate surface area is 123 Å². The highest BCUT2D eigenvalue weighted by Crippen LogP contribution is 2.28. The highest BCUT2D eigenvalue weighted by molar-refractivity contribution is 7.22. The van der Waals surface area contributed by atoms with Crippen molar-refractivity contribution in [1.29, 1.82) is 0 Å². The summed E-state index contributed by atoms with van der Waals surface area (Å²) in [5, 5.41) is 21.0. The van der Waals surface area contributed by atoms with Crippen LogP contribution in [0.4, 0.5) is 10.8 Å². The summed E-state index contributed by atoms with van der Waals surface area (Å²) < 4.78 is 1.01. The SMILES string of the molecule is O=[N+]([O-])c1ccc(O)c(C=Nc2nc3ccccc3s2)c1. The standard InChI is InChI=1S/C14H9N3O3S/c18-12-6-5-10(17(19)20)7-9(12)8-15-14-16-11-3-1-2-4-13(11)21-14/h1-8,18H. The van der Waals surface area contributed by atoms with Crippen LogP contribution >= 0.6 is 11.3 Å². The van der Waals surface area contributed by atoms with Crippen LogP contribution in [0.25, 0.3) is 10.2 Å². The molecule has 1 N–H and O–H groups in total. The van der Waals surface area contributed by atoms with Crippen molar-refractivity contribution in [3.8, 4) is 5.75 Å². The number of nitrogens with zero attached hydrogens (tertiary/aromatic N) is 3. The first-order chi connectivity index (χ1) is 10.1. The second-order valence-electron chi connectivity index (χ2n) is 4.22. The molecule has 0 atom stereocenters. The van der Waals surface area contributed by atoms with Crippen molar-refractivity contribution >= 4 is 38.6 Å². The van der Waals surface area contributed by atoms with E-state index >= 15 is 0 Å². The van der Waals surface area contributed by atoms with Gasteiger partial charge in [-0.25, -0.2) is 9.98 Å². The van der Waals surface area contributed by atoms with Crippen LogP contribution < -0.4 is 0 Å². The van der Waals surface area contributed by atoms with Crippen molar-refractivity contribution in [1.82, 2.24) is 4.98 Å². The molecule has 0 bridgehead atoms. The number of aromatic hydroxyl groups is 1. The second-order valence-corrected chi connectivity index (χ2v) is 5.23. The summed E-state index contributed by atoms with van der Waals surface area (Å²) in [7, 11) is 0. The van der Waals surface area contributed by atoms with Crippen LogP contribution in [-0.2, 0) is 0 Å². The van der Waals surface area contributed by atoms with Gasteiger partial charge in [0.05, 0.1) is 15.1 Å². The highest BCUT2D eigenvalue weighted by Gasteiger charge is 2.09. The fourth-order valence-corrected chi connectivity index (χ4v) is 2.61. The molecular formula is C14H9N3O3S. The summed E-state index contributed by atoms with van der Waals surface area (Å²) in [6.07, 6.45) is 1.38. The maximum Gasteiger partial charge on any atom is 0.270 e. The lowest BCUT2D eigenvalue weighted by atomic mass is 10.2. The van der Waals surface area contributed by atoms with Gasteiger partial charge in [0.2, 0.25) is 5.13 Å². The van der Waals surface area contributed by atoms with E-state index in [2.05, 4.69) is 9.98 Å². The minimum atomic E-state index is -0.519. The normalized spacial score (nSPS) is 11.2. The molecule has 1 aromatic heterocycles. The van der Waals surface area contributed by atoms with Gasteiger partial charge in [-0.05, 0) is 18.2 Å². The largest absolute Gasteiger partial charge is 0.507 e. The molecule has 104 valence electrons. The third kappa shape index (κ3) is 2.72. The minimum absolute atomic E-state index is 0.0644. The van der Waals surface area contributed by atoms with E-state index < -0.39 is 4.92 Å². The van der Waals surface area contributed by atoms with Crippen LogP contribution in [0.5, 0.6) is 5.75 Å². The van der Waals surface area contributed by atoms with Gasteiger partial charge in [0.1, 0.15) is 5.75 Å². The van der Waals surface area contributed by atoms with Crippen molar-refractivity contribution < 1.29 is 10.0 Å². The van der Waals surface area contributed by atoms with Gasteiger partial charge < -0.3 is 5.11 Å². The Balaban J connectivity index is 1.95. The van der Waals surface area contributed by atoms with Crippen LogP contribution in [0, 0.1) is 10.1 Å². The number of benzene rings is 2. The van der Waals surface area contributed by atoms with Gasteiger partial charge in [-0.1, -0.05) is 23.5 Å². The summed E-state index contributed by atoms with van der Waals surface area (Å²) in [5.74, 6) is -0.0644. The fraction of sp³-hybridized carbons (Fsp3) is 0. The Morgan fingerprint density at radius 3 is 2.86 bits per heavy atom. The molecule has 0 aliphatic rings. The lowest BCUT2D eigenvalue weighted by Gasteiger charge is -1.97. The fourth-order valence-electron chi connectivity index (χ4n) is 1.80. The summed E-state index contributed by atoms with van der Waals surface area (Å²) in [6.45, 7) is 0. The number of phenolic OH excluding ortho intramolecular Hbond substituents is 1. The molecule has 0 aliphatic heterocycles. The maximum atomic E-state index is 10.7. The zero-order valence-electron chi connectivity index (χ0n) is 10.6. The number of fused-ring (bicyclic) bond motifs is 1. The molecule has 3 aromatic rings. The first-order valence-electron chi connectivity index (χ1n) is 6.00. The first kappa shape index (κ1) is 13.2. The Kier molecular flexibility index (Phi) is 3.33. The van der Waals surface area contributed by atoms with Gasteiger partial charge in [-0.3, -0.25) is 10.1 Å². The number of para-hydroxylation sites is 1. The molecule has 7 heteroatoms. The molecule has 0 aliphatic carbocycles. The van der Waals surface area contributed by atoms with E-state index in [1.165, 1.54) is 35.8 Å². The van der Waals surface area contributed by atoms with Gasteiger partial charge in [0.15, 0.2) is 0 Å². The first-order valence-corrected chi connectivity index (χ1v) is 6.82. The van der Waals surface area contributed by atoms with Gasteiger partial charge in [0, 0.05) is 23.9 Å². The summed E-state index contributed by atoms with van der Waals surface area (Å²) >= 11 is 1.41. The number of hydrogen-bond acceptors (Lipinski definition) is 6. The molecule has 0 saturated heterocycles. The van der Waals surface area contributed by atoms with E-state index in [0.29, 0.717) is 5.13 Å². The molecule has 0 saturated carbocycles. The van der Waals surface area contributed by atoms with E-state index in [-0.39, 0.29) is 17.0 Å². The zero-order valence-corrected chi connectivity index (χ0v) is 11.4. The molecular weight excluding hydrogens is 290 g/mol. The molecule has 3 rings (SSSR count). The van der Waals surface area contributed by atoms with Gasteiger partial charge in [-0.15, -0.1) is 0 Å². The number of nitro benzene ring substituents is 1. The average Bonchev–Trinajstić information content (AvgIpc) is 2.89. The molecule has 0 amide bonds. The van der Waals surface area contributed by atoms with Crippen molar-refractivity contribution in [3.63, 3.8) is 0 Å². The Morgan fingerprint density at radius 1 is 1.29 bits per heavy atom. The maximum absolute atomic E-state index is 10.7. The molecule has 6 nitrogen and oxygen atoms in total. The van der Waals surface area contributed by atoms with Crippen molar-refractivity contribution in [2.75, 3.05) is 0 Å². The average molecular weight is 299 g/mol. The van der Waals surface area contributed by atoms with Crippen LogP contribution in [0.3, 0.4) is 0 Å². The molecule has 2 aromatic carbocycles. The van der Waals surface area contributed by atoms with Crippen LogP contribution in [0.15, 0.2) is 47.5 Å². The summed E-state index contributed by atoms with van der Waals surface area (Å²) in [6, 6.07) is 11.4. The molecule has 21 heavy (non-hydrogen) atoms. The van der Waals surface area contributed by atoms with E-state index in [4.69, 9.17) is 0 Å². The van der Waals surface area contributed by atoms with E-state index in [0.717, 1.165) is 10.2 Å². The number of non-ortho nitro benzene ring substituents is 1. The second kappa shape index (κ2) is 5.29. The van der Waals surface area contributed by atoms with Crippen LogP contribution in [-0.4, -0.2) is 21.2 Å². The zero-order chi connectivity index (χ0) is 14.8. The number of aliphatic imine (C=N–C) groups is 1. The van der Waals surface area contributed by atoms with Gasteiger partial charge in [-0.2, -0.15) is 0 Å². The highest BCUT2D eigenvalue weighted by atomic mass is 32.1. The molecule has 0 unspecified atom stereocenters. The van der Waals surface area contributed by atoms with Crippen molar-refractivity contribution in [2.45, 2.75) is 0 Å². The van der Waals surface area contributed by atoms with Crippen molar-refractivity contribution in [3.05, 3.63) is 58.1 Å². The molecule has 0 spiro atoms. The minimum Gasteiger partial charge on any atom is -0.507 e. The van der Waals surface area contributed by atoms with Crippen molar-refractivity contribution in [2.24, 2.45) is 4.99 Å². The lowest BCUT2D eigenvalue weighted by Crippen LogP contribution is -1.90. The number of phenols is 1. The van der Waals surface area contributed by atoms with Crippen LogP contribution in [0.1, 0.15) is 5.56 Å². The van der Waals surface area contributed by atoms with E-state index in [9.17, 15) is 15.2 Å². The third-order valence-electron chi connectivity index (χ3n) is 2.82. The van der Waals surface area contributed by atoms with Gasteiger partial charge in [0.25, 0.3) is 5.69 Å². The summed E-state index contributed by atoms with van der Waals surface area (Å²) in [5.41, 5.74) is 1.03. The third-order valence-corrected chi connectivity index (χ3v) is 3.76. The monoisotopic (exact) mass is 299 g/mol. The quantitative estimate of drug-likeness (QED) is 0.454. The molecule has 1 heterocycles. The Hall–Kier alpha value is -2.80. The topological polar surface area (TPSA) is 88.6 Å². The number of hydrogen-bond donors (Lipinski definition) is 1. The molecule has 0 fully saturated rings. The Morgan fingerprint density at radius 2 is 2.10 bits per heavy atom. The van der Waals surface area contributed by atoms with Crippen LogP contribution in [0.2, 0.25) is 0 Å². The summed E-state index contributed by atoms with van der Waals surface area (Å²) in [4.78, 5) is 18.7. The number of nitro groups is 1. The number of aromatic nitrogens is 1. The molecule has 0 radical (unpaired) electrons. The smallest absolute Gasteiger partial charge is 0.270 e. The number of rotatable bonds is 3.